The van der Waals surface area contributed by atoms with E-state index in [1.807, 2.05) is 33.8 Å². The van der Waals surface area contributed by atoms with Crippen molar-refractivity contribution < 1.29 is 29.4 Å². The maximum atomic E-state index is 12.7. The largest absolute Gasteiger partial charge is 0.481 e. The third-order valence-corrected chi connectivity index (χ3v) is 11.1. The van der Waals surface area contributed by atoms with Crippen LogP contribution in [0, 0.1) is 25.7 Å². The molecule has 2 aromatic heterocycles. The van der Waals surface area contributed by atoms with Gasteiger partial charge in [0.05, 0.1) is 18.0 Å². The molecule has 6 heterocycles. The van der Waals surface area contributed by atoms with Crippen LogP contribution in [0.5, 0.6) is 0 Å². The maximum Gasteiger partial charge on any atom is 0.303 e. The van der Waals surface area contributed by atoms with Crippen molar-refractivity contribution in [1.82, 2.24) is 25.9 Å². The second kappa shape index (κ2) is 12.2. The van der Waals surface area contributed by atoms with Gasteiger partial charge in [-0.15, -0.1) is 0 Å². The second-order valence-corrected chi connectivity index (χ2v) is 14.3. The molecule has 0 aliphatic carbocycles. The molecule has 2 aromatic rings. The van der Waals surface area contributed by atoms with Gasteiger partial charge in [-0.1, -0.05) is 6.92 Å². The van der Waals surface area contributed by atoms with Crippen molar-refractivity contribution in [3.8, 4) is 0 Å². The monoisotopic (exact) mass is 636 g/mol. The highest BCUT2D eigenvalue weighted by Gasteiger charge is 2.52. The fraction of sp³-hybridized carbons (Fsp3) is 0.515. The number of carbonyl (C=O) groups is 4. The normalized spacial score (nSPS) is 26.5. The van der Waals surface area contributed by atoms with Crippen molar-refractivity contribution in [2.75, 3.05) is 12.3 Å². The zero-order chi connectivity index (χ0) is 32.2. The predicted octanol–water partition coefficient (Wildman–Crippen LogP) is 1.83. The molecule has 4 aliphatic heterocycles. The van der Waals surface area contributed by atoms with Gasteiger partial charge < -0.3 is 36.1 Å². The van der Waals surface area contributed by atoms with E-state index in [1.54, 1.807) is 0 Å². The number of carbonyl (C=O) groups excluding carboxylic acids is 2. The van der Waals surface area contributed by atoms with Gasteiger partial charge in [0, 0.05) is 72.2 Å². The third-order valence-electron chi connectivity index (χ3n) is 9.96. The minimum Gasteiger partial charge on any atom is -0.481 e. The molecular weight excluding hydrogens is 594 g/mol. The molecule has 12 heteroatoms. The molecule has 0 spiro atoms. The Hall–Kier alpha value is -3.77. The minimum atomic E-state index is -0.880. The molecule has 3 saturated heterocycles. The Morgan fingerprint density at radius 2 is 1.58 bits per heavy atom. The van der Waals surface area contributed by atoms with E-state index in [2.05, 4.69) is 25.9 Å². The van der Waals surface area contributed by atoms with Crippen molar-refractivity contribution in [2.45, 2.75) is 83.6 Å². The number of hydrogen-bond donors (Lipinski definition) is 7. The number of aromatic amines is 2. The van der Waals surface area contributed by atoms with Crippen LogP contribution in [0.4, 0.5) is 0 Å². The molecule has 0 aromatic carbocycles. The highest BCUT2D eigenvalue weighted by molar-refractivity contribution is 7.86. The summed E-state index contributed by atoms with van der Waals surface area (Å²) in [5, 5.41) is 28.9. The molecule has 5 atom stereocenters. The van der Waals surface area contributed by atoms with Crippen LogP contribution < -0.4 is 16.0 Å². The van der Waals surface area contributed by atoms with E-state index in [0.29, 0.717) is 30.9 Å². The van der Waals surface area contributed by atoms with Gasteiger partial charge in [0.25, 0.3) is 0 Å². The molecule has 0 unspecified atom stereocenters. The van der Waals surface area contributed by atoms with Gasteiger partial charge in [0.15, 0.2) is 11.0 Å². The average Bonchev–Trinajstić information content (AvgIpc) is 3.89. The number of amides is 2. The molecule has 0 radical (unpaired) electrons. The van der Waals surface area contributed by atoms with E-state index in [4.69, 9.17) is 0 Å². The number of rotatable bonds is 13. The first-order valence-electron chi connectivity index (χ1n) is 15.7. The lowest BCUT2D eigenvalue weighted by Crippen LogP contribution is -2.31. The van der Waals surface area contributed by atoms with Gasteiger partial charge >= 0.3 is 11.9 Å². The second-order valence-electron chi connectivity index (χ2n) is 12.9. The molecule has 0 bridgehead atoms. The summed E-state index contributed by atoms with van der Waals surface area (Å²) in [6.45, 7) is 8.75. The molecule has 6 rings (SSSR count). The zero-order valence-electron chi connectivity index (χ0n) is 26.1. The van der Waals surface area contributed by atoms with E-state index in [0.717, 1.165) is 74.2 Å². The Labute approximate surface area is 266 Å². The number of carboxylic acid groups (broad SMARTS) is 2. The van der Waals surface area contributed by atoms with Gasteiger partial charge in [0.2, 0.25) is 11.8 Å². The van der Waals surface area contributed by atoms with Gasteiger partial charge in [0.1, 0.15) is 0 Å². The zero-order valence-corrected chi connectivity index (χ0v) is 27.0. The molecule has 11 nitrogen and oxygen atoms in total. The molecular formula is C33H42N5O6S+. The molecule has 3 fully saturated rings. The van der Waals surface area contributed by atoms with Gasteiger partial charge in [-0.05, 0) is 79.3 Å². The topological polar surface area (TPSA) is 186 Å². The lowest BCUT2D eigenvalue weighted by atomic mass is 9.91. The van der Waals surface area contributed by atoms with E-state index in [1.165, 1.54) is 11.8 Å². The number of hydrogen-bond acceptors (Lipinski definition) is 5. The quantitative estimate of drug-likeness (QED) is 0.0993. The standard InChI is InChI=1S/C33H41N5O6S/c1-14-18(5-7-28(39)40)23(35-20(14)9-22-16(3)31(26-12-34-26)33(44)37-22)11-24-19(6-8-29(41)42)15(2)21(36-24)10-25-30(27-13-45-27)17(4)32(43)38-25/h10,17,22,26-27,30,34-36H,5-9,11-13H2,1-4H3,(H,37,44)(H,38,43)(H,39,40)(H,41,42)/p+1/b25-10-/t17-,22-,26+,27+,30-/m1/s1. The van der Waals surface area contributed by atoms with Crippen molar-refractivity contribution in [2.24, 2.45) is 11.8 Å². The van der Waals surface area contributed by atoms with E-state index in [9.17, 15) is 29.4 Å². The number of H-pyrrole nitrogens is 2. The summed E-state index contributed by atoms with van der Waals surface area (Å²) in [6, 6.07) is -0.0295. The lowest BCUT2D eigenvalue weighted by Gasteiger charge is -2.12. The first-order chi connectivity index (χ1) is 21.4. The molecule has 4 aliphatic rings. The Kier molecular flexibility index (Phi) is 8.47. The molecule has 240 valence electrons. The number of nitrogens with one attached hydrogen (secondary N) is 5. The van der Waals surface area contributed by atoms with Crippen LogP contribution in [0.2, 0.25) is 0 Å². The van der Waals surface area contributed by atoms with Crippen molar-refractivity contribution in [1.29, 1.82) is 0 Å². The summed E-state index contributed by atoms with van der Waals surface area (Å²) >= 11 is 1.36. The Morgan fingerprint density at radius 3 is 2.18 bits per heavy atom. The number of allylic oxidation sites excluding steroid dienone is 1. The minimum absolute atomic E-state index is 0.0194. The molecule has 45 heavy (non-hydrogen) atoms. The highest BCUT2D eigenvalue weighted by atomic mass is 32.2. The van der Waals surface area contributed by atoms with E-state index < -0.39 is 11.9 Å². The Bertz CT molecular complexity index is 1640. The predicted molar refractivity (Wildman–Crippen MR) is 172 cm³/mol. The number of carboxylic acids is 2. The van der Waals surface area contributed by atoms with Crippen LogP contribution in [0.25, 0.3) is 6.08 Å². The van der Waals surface area contributed by atoms with Crippen LogP contribution >= 0.6 is 0 Å². The molecule has 7 N–H and O–H groups in total. The average molecular weight is 637 g/mol. The summed E-state index contributed by atoms with van der Waals surface area (Å²) in [4.78, 5) is 55.6. The summed E-state index contributed by atoms with van der Waals surface area (Å²) < 4.78 is 0. The number of aliphatic carboxylic acids is 2. The fourth-order valence-corrected chi connectivity index (χ4v) is 8.15. The summed E-state index contributed by atoms with van der Waals surface area (Å²) in [5.74, 6) is -0.615. The summed E-state index contributed by atoms with van der Waals surface area (Å²) in [5.41, 5.74) is 10.1. The van der Waals surface area contributed by atoms with E-state index >= 15 is 0 Å². The highest BCUT2D eigenvalue weighted by Crippen LogP contribution is 2.38. The number of thiol groups is 1. The first-order valence-corrected chi connectivity index (χ1v) is 16.8. The summed E-state index contributed by atoms with van der Waals surface area (Å²) in [6.07, 6.45) is 3.67. The molecule has 0 saturated carbocycles. The van der Waals surface area contributed by atoms with Crippen molar-refractivity contribution in [3.63, 3.8) is 0 Å². The fourth-order valence-electron chi connectivity index (χ4n) is 7.15. The van der Waals surface area contributed by atoms with Crippen LogP contribution in [0.1, 0.15) is 71.7 Å². The van der Waals surface area contributed by atoms with Gasteiger partial charge in [-0.2, -0.15) is 0 Å². The Balaban J connectivity index is 1.34. The smallest absolute Gasteiger partial charge is 0.303 e. The third kappa shape index (κ3) is 6.35. The van der Waals surface area contributed by atoms with Crippen LogP contribution in [0.3, 0.4) is 0 Å². The van der Waals surface area contributed by atoms with E-state index in [-0.39, 0.29) is 48.6 Å². The van der Waals surface area contributed by atoms with Gasteiger partial charge in [-0.3, -0.25) is 19.2 Å². The van der Waals surface area contributed by atoms with Crippen LogP contribution in [-0.4, -0.2) is 73.6 Å². The van der Waals surface area contributed by atoms with Crippen LogP contribution in [-0.2, 0) is 56.6 Å². The summed E-state index contributed by atoms with van der Waals surface area (Å²) in [7, 11) is 0. The maximum absolute atomic E-state index is 12.7. The van der Waals surface area contributed by atoms with Crippen molar-refractivity contribution in [3.05, 3.63) is 61.9 Å². The van der Waals surface area contributed by atoms with Crippen molar-refractivity contribution >= 4 is 41.6 Å². The first kappa shape index (κ1) is 31.2. The Morgan fingerprint density at radius 1 is 0.956 bits per heavy atom. The van der Waals surface area contributed by atoms with Crippen LogP contribution in [0.15, 0.2) is 16.8 Å². The number of aromatic nitrogens is 2. The molecule has 2 amide bonds. The lowest BCUT2D eigenvalue weighted by molar-refractivity contribution is -0.138. The van der Waals surface area contributed by atoms with Gasteiger partial charge in [-0.25, -0.2) is 0 Å². The SMILES string of the molecule is CC1=C([C@@H]2CN2)C(=O)N[C@@H]1Cc1[nH]c(Cc2[nH]c(/C=C3\NC(=O)[C@H](C)[C@H]3[C@@H]3C[SH+]3)c(C)c2CCC(=O)O)c(CCC(=O)O)c1C.